The number of carbonyl (C=O) groups excluding carboxylic acids is 1. The predicted molar refractivity (Wildman–Crippen MR) is 123 cm³/mol. The molecule has 4 rings (SSSR count). The van der Waals surface area contributed by atoms with Crippen molar-refractivity contribution in [3.8, 4) is 11.1 Å². The van der Waals surface area contributed by atoms with Gasteiger partial charge in [-0.1, -0.05) is 36.4 Å². The van der Waals surface area contributed by atoms with Crippen LogP contribution in [0.3, 0.4) is 0 Å². The third-order valence-corrected chi connectivity index (χ3v) is 4.92. The molecule has 2 aromatic carbocycles. The summed E-state index contributed by atoms with van der Waals surface area (Å²) < 4.78 is 7.64. The van der Waals surface area contributed by atoms with Gasteiger partial charge in [0, 0.05) is 17.8 Å². The SMILES string of the molecule is CC(C)(C)OCC(C(=O)Nc1cnc2ccc(-c3ccccc3)cc2c1)n1ccnc1. The lowest BCUT2D eigenvalue weighted by molar-refractivity contribution is -0.123. The van der Waals surface area contributed by atoms with Crippen molar-refractivity contribution in [2.75, 3.05) is 11.9 Å². The van der Waals surface area contributed by atoms with Gasteiger partial charge in [-0.05, 0) is 50.1 Å². The molecule has 1 atom stereocenters. The van der Waals surface area contributed by atoms with Gasteiger partial charge in [0.15, 0.2) is 0 Å². The molecule has 1 unspecified atom stereocenters. The van der Waals surface area contributed by atoms with E-state index in [-0.39, 0.29) is 18.1 Å². The largest absolute Gasteiger partial charge is 0.373 e. The zero-order valence-corrected chi connectivity index (χ0v) is 17.9. The molecular formula is C25H26N4O2. The Morgan fingerprint density at radius 3 is 2.61 bits per heavy atom. The zero-order chi connectivity index (χ0) is 21.8. The van der Waals surface area contributed by atoms with Crippen LogP contribution in [0.15, 0.2) is 79.5 Å². The van der Waals surface area contributed by atoms with Crippen molar-refractivity contribution in [2.24, 2.45) is 0 Å². The summed E-state index contributed by atoms with van der Waals surface area (Å²) in [5.74, 6) is -0.178. The third-order valence-electron chi connectivity index (χ3n) is 4.92. The summed E-state index contributed by atoms with van der Waals surface area (Å²) in [5.41, 5.74) is 3.41. The number of imidazole rings is 1. The van der Waals surface area contributed by atoms with Crippen LogP contribution in [0.5, 0.6) is 0 Å². The van der Waals surface area contributed by atoms with Crippen LogP contribution in [-0.4, -0.2) is 32.7 Å². The second-order valence-corrected chi connectivity index (χ2v) is 8.44. The number of ether oxygens (including phenoxy) is 1. The molecule has 0 aliphatic heterocycles. The Hall–Kier alpha value is -3.51. The van der Waals surface area contributed by atoms with Gasteiger partial charge in [-0.3, -0.25) is 9.78 Å². The molecule has 2 heterocycles. The number of carbonyl (C=O) groups is 1. The fraction of sp³-hybridized carbons (Fsp3) is 0.240. The Morgan fingerprint density at radius 2 is 1.90 bits per heavy atom. The molecular weight excluding hydrogens is 388 g/mol. The number of fused-ring (bicyclic) bond motifs is 1. The molecule has 0 bridgehead atoms. The van der Waals surface area contributed by atoms with Gasteiger partial charge in [0.1, 0.15) is 6.04 Å². The number of nitrogens with zero attached hydrogens (tertiary/aromatic N) is 3. The van der Waals surface area contributed by atoms with E-state index in [4.69, 9.17) is 4.74 Å². The van der Waals surface area contributed by atoms with Gasteiger partial charge in [-0.25, -0.2) is 4.98 Å². The molecule has 1 N–H and O–H groups in total. The van der Waals surface area contributed by atoms with E-state index < -0.39 is 6.04 Å². The highest BCUT2D eigenvalue weighted by molar-refractivity contribution is 5.96. The smallest absolute Gasteiger partial charge is 0.249 e. The van der Waals surface area contributed by atoms with Crippen molar-refractivity contribution in [1.29, 1.82) is 0 Å². The van der Waals surface area contributed by atoms with Crippen molar-refractivity contribution >= 4 is 22.5 Å². The summed E-state index contributed by atoms with van der Waals surface area (Å²) in [6.45, 7) is 6.14. The molecule has 0 aliphatic carbocycles. The quantitative estimate of drug-likeness (QED) is 0.477. The molecule has 0 saturated heterocycles. The van der Waals surface area contributed by atoms with Crippen molar-refractivity contribution in [3.05, 3.63) is 79.5 Å². The Kier molecular flexibility index (Phi) is 5.82. The van der Waals surface area contributed by atoms with Crippen molar-refractivity contribution < 1.29 is 9.53 Å². The van der Waals surface area contributed by atoms with Gasteiger partial charge in [-0.15, -0.1) is 0 Å². The fourth-order valence-electron chi connectivity index (χ4n) is 3.32. The monoisotopic (exact) mass is 414 g/mol. The Bertz CT molecular complexity index is 1170. The van der Waals surface area contributed by atoms with E-state index in [9.17, 15) is 4.79 Å². The summed E-state index contributed by atoms with van der Waals surface area (Å²) in [5, 5.41) is 3.95. The highest BCUT2D eigenvalue weighted by atomic mass is 16.5. The molecule has 0 saturated carbocycles. The molecule has 6 heteroatoms. The van der Waals surface area contributed by atoms with Crippen LogP contribution < -0.4 is 5.32 Å². The van der Waals surface area contributed by atoms with Gasteiger partial charge in [0.2, 0.25) is 5.91 Å². The minimum atomic E-state index is -0.534. The zero-order valence-electron chi connectivity index (χ0n) is 17.9. The molecule has 2 aromatic heterocycles. The van der Waals surface area contributed by atoms with Crippen molar-refractivity contribution in [2.45, 2.75) is 32.4 Å². The number of aromatic nitrogens is 3. The number of pyridine rings is 1. The minimum Gasteiger partial charge on any atom is -0.373 e. The lowest BCUT2D eigenvalue weighted by atomic mass is 10.0. The van der Waals surface area contributed by atoms with Crippen molar-refractivity contribution in [1.82, 2.24) is 14.5 Å². The lowest BCUT2D eigenvalue weighted by Crippen LogP contribution is -2.32. The van der Waals surface area contributed by atoms with Gasteiger partial charge in [0.05, 0.1) is 35.9 Å². The second kappa shape index (κ2) is 8.70. The van der Waals surface area contributed by atoms with E-state index in [1.54, 1.807) is 29.5 Å². The number of rotatable bonds is 6. The molecule has 31 heavy (non-hydrogen) atoms. The van der Waals surface area contributed by atoms with Gasteiger partial charge in [0.25, 0.3) is 0 Å². The Labute approximate surface area is 181 Å². The van der Waals surface area contributed by atoms with Gasteiger partial charge < -0.3 is 14.6 Å². The van der Waals surface area contributed by atoms with E-state index >= 15 is 0 Å². The first-order chi connectivity index (χ1) is 14.9. The van der Waals surface area contributed by atoms with Crippen LogP contribution >= 0.6 is 0 Å². The number of benzene rings is 2. The highest BCUT2D eigenvalue weighted by Crippen LogP contribution is 2.25. The molecule has 158 valence electrons. The van der Waals surface area contributed by atoms with Crippen LogP contribution in [0.4, 0.5) is 5.69 Å². The highest BCUT2D eigenvalue weighted by Gasteiger charge is 2.23. The van der Waals surface area contributed by atoms with Gasteiger partial charge in [-0.2, -0.15) is 0 Å². The summed E-state index contributed by atoms with van der Waals surface area (Å²) in [6.07, 6.45) is 6.72. The average Bonchev–Trinajstić information content (AvgIpc) is 3.27. The van der Waals surface area contributed by atoms with Crippen LogP contribution in [0.25, 0.3) is 22.0 Å². The van der Waals surface area contributed by atoms with E-state index in [0.29, 0.717) is 5.69 Å². The maximum Gasteiger partial charge on any atom is 0.249 e. The minimum absolute atomic E-state index is 0.178. The second-order valence-electron chi connectivity index (χ2n) is 8.44. The third kappa shape index (κ3) is 5.16. The summed E-state index contributed by atoms with van der Waals surface area (Å²) in [4.78, 5) is 21.7. The number of nitrogens with one attached hydrogen (secondary N) is 1. The average molecular weight is 415 g/mol. The summed E-state index contributed by atoms with van der Waals surface area (Å²) >= 11 is 0. The molecule has 1 amide bonds. The maximum absolute atomic E-state index is 13.1. The fourth-order valence-corrected chi connectivity index (χ4v) is 3.32. The van der Waals surface area contributed by atoms with Gasteiger partial charge >= 0.3 is 0 Å². The molecule has 0 aliphatic rings. The van der Waals surface area contributed by atoms with E-state index in [1.165, 1.54) is 0 Å². The predicted octanol–water partition coefficient (Wildman–Crippen LogP) is 5.09. The molecule has 0 spiro atoms. The first-order valence-electron chi connectivity index (χ1n) is 10.3. The standard InChI is InChI=1S/C25H26N4O2/c1-25(2,3)31-16-23(29-12-11-26-17-29)24(30)28-21-14-20-13-19(9-10-22(20)27-15-21)18-7-5-4-6-8-18/h4-15,17,23H,16H2,1-3H3,(H,28,30). The normalized spacial score (nSPS) is 12.6. The van der Waals surface area contributed by atoms with Crippen LogP contribution in [0.1, 0.15) is 26.8 Å². The number of hydrogen-bond acceptors (Lipinski definition) is 4. The molecule has 0 radical (unpaired) electrons. The summed E-state index contributed by atoms with van der Waals surface area (Å²) in [6, 6.07) is 17.7. The summed E-state index contributed by atoms with van der Waals surface area (Å²) in [7, 11) is 0. The number of anilines is 1. The Morgan fingerprint density at radius 1 is 1.10 bits per heavy atom. The Balaban J connectivity index is 1.58. The van der Waals surface area contributed by atoms with Crippen LogP contribution in [0.2, 0.25) is 0 Å². The molecule has 0 fully saturated rings. The first-order valence-corrected chi connectivity index (χ1v) is 10.3. The molecule has 6 nitrogen and oxygen atoms in total. The molecule has 4 aromatic rings. The van der Waals surface area contributed by atoms with Crippen molar-refractivity contribution in [3.63, 3.8) is 0 Å². The maximum atomic E-state index is 13.1. The number of amides is 1. The van der Waals surface area contributed by atoms with Crippen LogP contribution in [0, 0.1) is 0 Å². The van der Waals surface area contributed by atoms with E-state index in [1.807, 2.05) is 51.1 Å². The topological polar surface area (TPSA) is 69.0 Å². The lowest BCUT2D eigenvalue weighted by Gasteiger charge is -2.24. The van der Waals surface area contributed by atoms with Crippen LogP contribution in [-0.2, 0) is 9.53 Å². The first kappa shape index (κ1) is 20.8. The van der Waals surface area contributed by atoms with E-state index in [0.717, 1.165) is 22.0 Å². The van der Waals surface area contributed by atoms with E-state index in [2.05, 4.69) is 39.6 Å². The number of hydrogen-bond donors (Lipinski definition) is 1.